The first kappa shape index (κ1) is 14.5. The quantitative estimate of drug-likeness (QED) is 0.775. The second kappa shape index (κ2) is 5.85. The van der Waals surface area contributed by atoms with Gasteiger partial charge in [-0.15, -0.1) is 0 Å². The predicted molar refractivity (Wildman–Crippen MR) is 68.7 cm³/mol. The highest BCUT2D eigenvalue weighted by Crippen LogP contribution is 2.27. The van der Waals surface area contributed by atoms with Crippen molar-refractivity contribution in [3.63, 3.8) is 0 Å². The molecule has 0 bridgehead atoms. The minimum Gasteiger partial charge on any atom is -0.374 e. The normalized spacial score (nSPS) is 13.9. The molecule has 0 aliphatic carbocycles. The SMILES string of the molecule is CCO[C@H](c1ccc(S(=O)(=O)Cl)cc1)C(C)C. The molecule has 1 rings (SSSR count). The molecule has 0 N–H and O–H groups in total. The van der Waals surface area contributed by atoms with E-state index in [9.17, 15) is 8.42 Å². The molecule has 1 aromatic carbocycles. The van der Waals surface area contributed by atoms with Gasteiger partial charge in [-0.1, -0.05) is 26.0 Å². The van der Waals surface area contributed by atoms with Crippen molar-refractivity contribution in [3.8, 4) is 0 Å². The van der Waals surface area contributed by atoms with Crippen LogP contribution < -0.4 is 0 Å². The molecule has 0 aliphatic rings. The Morgan fingerprint density at radius 1 is 1.24 bits per heavy atom. The summed E-state index contributed by atoms with van der Waals surface area (Å²) >= 11 is 0. The van der Waals surface area contributed by atoms with Gasteiger partial charge in [0, 0.05) is 17.3 Å². The van der Waals surface area contributed by atoms with Gasteiger partial charge in [0.2, 0.25) is 0 Å². The number of hydrogen-bond donors (Lipinski definition) is 0. The van der Waals surface area contributed by atoms with Crippen LogP contribution in [0.4, 0.5) is 0 Å². The van der Waals surface area contributed by atoms with Crippen molar-refractivity contribution in [1.29, 1.82) is 0 Å². The molecule has 0 saturated carbocycles. The molecule has 0 saturated heterocycles. The highest BCUT2D eigenvalue weighted by atomic mass is 35.7. The molecular formula is C12H17ClO3S. The molecule has 0 aliphatic heterocycles. The van der Waals surface area contributed by atoms with Crippen LogP contribution >= 0.6 is 10.7 Å². The van der Waals surface area contributed by atoms with E-state index < -0.39 is 9.05 Å². The molecule has 3 nitrogen and oxygen atoms in total. The largest absolute Gasteiger partial charge is 0.374 e. The Morgan fingerprint density at radius 3 is 2.12 bits per heavy atom. The van der Waals surface area contributed by atoms with E-state index in [2.05, 4.69) is 13.8 Å². The minimum absolute atomic E-state index is 0.0212. The van der Waals surface area contributed by atoms with Crippen molar-refractivity contribution in [2.75, 3.05) is 6.61 Å². The third-order valence-corrected chi connectivity index (χ3v) is 3.81. The number of ether oxygens (including phenoxy) is 1. The molecular weight excluding hydrogens is 260 g/mol. The Hall–Kier alpha value is -0.580. The molecule has 0 amide bonds. The molecule has 5 heteroatoms. The van der Waals surface area contributed by atoms with E-state index in [0.29, 0.717) is 12.5 Å². The highest BCUT2D eigenvalue weighted by Gasteiger charge is 2.17. The van der Waals surface area contributed by atoms with Crippen molar-refractivity contribution in [2.45, 2.75) is 31.8 Å². The maximum Gasteiger partial charge on any atom is 0.261 e. The molecule has 17 heavy (non-hydrogen) atoms. The monoisotopic (exact) mass is 276 g/mol. The summed E-state index contributed by atoms with van der Waals surface area (Å²) in [5.74, 6) is 0.327. The number of benzene rings is 1. The van der Waals surface area contributed by atoms with Gasteiger partial charge in [0.15, 0.2) is 0 Å². The van der Waals surface area contributed by atoms with Crippen LogP contribution in [0.2, 0.25) is 0 Å². The zero-order chi connectivity index (χ0) is 13.1. The molecule has 0 radical (unpaired) electrons. The summed E-state index contributed by atoms with van der Waals surface area (Å²) in [7, 11) is 1.61. The number of halogens is 1. The Morgan fingerprint density at radius 2 is 1.76 bits per heavy atom. The third-order valence-electron chi connectivity index (χ3n) is 2.44. The standard InChI is InChI=1S/C12H17ClO3S/c1-4-16-12(9(2)3)10-5-7-11(8-6-10)17(13,14)15/h5-9,12H,4H2,1-3H3/t12-/m0/s1. The average molecular weight is 277 g/mol. The third kappa shape index (κ3) is 3.98. The van der Waals surface area contributed by atoms with Crippen molar-refractivity contribution < 1.29 is 13.2 Å². The smallest absolute Gasteiger partial charge is 0.261 e. The zero-order valence-electron chi connectivity index (χ0n) is 10.2. The van der Waals surface area contributed by atoms with Crippen LogP contribution in [0.5, 0.6) is 0 Å². The van der Waals surface area contributed by atoms with Crippen LogP contribution in [0.1, 0.15) is 32.4 Å². The summed E-state index contributed by atoms with van der Waals surface area (Å²) in [4.78, 5) is 0.113. The molecule has 0 aromatic heterocycles. The average Bonchev–Trinajstić information content (AvgIpc) is 2.24. The fraction of sp³-hybridized carbons (Fsp3) is 0.500. The zero-order valence-corrected chi connectivity index (χ0v) is 11.8. The Balaban J connectivity index is 3.00. The van der Waals surface area contributed by atoms with E-state index in [1.54, 1.807) is 12.1 Å². The van der Waals surface area contributed by atoms with Crippen LogP contribution in [-0.4, -0.2) is 15.0 Å². The van der Waals surface area contributed by atoms with Gasteiger partial charge in [0.05, 0.1) is 11.0 Å². The van der Waals surface area contributed by atoms with Gasteiger partial charge in [-0.25, -0.2) is 8.42 Å². The summed E-state index contributed by atoms with van der Waals surface area (Å²) in [6.07, 6.45) is -0.0212. The lowest BCUT2D eigenvalue weighted by molar-refractivity contribution is 0.0294. The lowest BCUT2D eigenvalue weighted by atomic mass is 9.99. The summed E-state index contributed by atoms with van der Waals surface area (Å²) in [6, 6.07) is 6.50. The van der Waals surface area contributed by atoms with E-state index >= 15 is 0 Å². The van der Waals surface area contributed by atoms with Gasteiger partial charge in [-0.3, -0.25) is 0 Å². The first-order valence-corrected chi connectivity index (χ1v) is 7.83. The Kier molecular flexibility index (Phi) is 4.98. The van der Waals surface area contributed by atoms with E-state index in [4.69, 9.17) is 15.4 Å². The summed E-state index contributed by atoms with van der Waals surface area (Å²) in [6.45, 7) is 6.68. The van der Waals surface area contributed by atoms with Crippen LogP contribution in [0.15, 0.2) is 29.2 Å². The van der Waals surface area contributed by atoms with E-state index in [1.807, 2.05) is 6.92 Å². The number of rotatable bonds is 5. The summed E-state index contributed by atoms with van der Waals surface area (Å²) < 4.78 is 27.8. The van der Waals surface area contributed by atoms with Gasteiger partial charge in [-0.2, -0.15) is 0 Å². The topological polar surface area (TPSA) is 43.4 Å². The Labute approximate surface area is 107 Å². The van der Waals surface area contributed by atoms with Gasteiger partial charge in [0.25, 0.3) is 9.05 Å². The first-order chi connectivity index (χ1) is 7.86. The van der Waals surface area contributed by atoms with Crippen LogP contribution in [-0.2, 0) is 13.8 Å². The van der Waals surface area contributed by atoms with Gasteiger partial charge >= 0.3 is 0 Å². The molecule has 96 valence electrons. The fourth-order valence-electron chi connectivity index (χ4n) is 1.67. The minimum atomic E-state index is -3.65. The molecule has 0 heterocycles. The van der Waals surface area contributed by atoms with E-state index in [0.717, 1.165) is 5.56 Å². The molecule has 0 fully saturated rings. The molecule has 1 aromatic rings. The molecule has 0 spiro atoms. The second-order valence-electron chi connectivity index (χ2n) is 4.13. The van der Waals surface area contributed by atoms with Gasteiger partial charge in [0.1, 0.15) is 0 Å². The van der Waals surface area contributed by atoms with Crippen LogP contribution in [0.25, 0.3) is 0 Å². The predicted octanol–water partition coefficient (Wildman–Crippen LogP) is 3.35. The van der Waals surface area contributed by atoms with Crippen molar-refractivity contribution in [1.82, 2.24) is 0 Å². The first-order valence-electron chi connectivity index (χ1n) is 5.52. The van der Waals surface area contributed by atoms with Gasteiger partial charge < -0.3 is 4.74 Å². The highest BCUT2D eigenvalue weighted by molar-refractivity contribution is 8.13. The van der Waals surface area contributed by atoms with Crippen LogP contribution in [0.3, 0.4) is 0 Å². The second-order valence-corrected chi connectivity index (χ2v) is 6.69. The van der Waals surface area contributed by atoms with Crippen molar-refractivity contribution in [2.24, 2.45) is 5.92 Å². The van der Waals surface area contributed by atoms with Crippen molar-refractivity contribution in [3.05, 3.63) is 29.8 Å². The Bertz CT molecular complexity index is 451. The summed E-state index contributed by atoms with van der Waals surface area (Å²) in [5.41, 5.74) is 0.964. The lowest BCUT2D eigenvalue weighted by Gasteiger charge is -2.21. The molecule has 0 unspecified atom stereocenters. The van der Waals surface area contributed by atoms with E-state index in [1.165, 1.54) is 12.1 Å². The van der Waals surface area contributed by atoms with E-state index in [-0.39, 0.29) is 11.0 Å². The van der Waals surface area contributed by atoms with Crippen molar-refractivity contribution >= 4 is 19.7 Å². The summed E-state index contributed by atoms with van der Waals surface area (Å²) in [5, 5.41) is 0. The number of hydrogen-bond acceptors (Lipinski definition) is 3. The maximum absolute atomic E-state index is 11.1. The fourth-order valence-corrected chi connectivity index (χ4v) is 2.44. The van der Waals surface area contributed by atoms with Gasteiger partial charge in [-0.05, 0) is 30.5 Å². The molecule has 1 atom stereocenters. The lowest BCUT2D eigenvalue weighted by Crippen LogP contribution is -2.11. The van der Waals surface area contributed by atoms with Crippen LogP contribution in [0, 0.1) is 5.92 Å². The maximum atomic E-state index is 11.1.